The Morgan fingerprint density at radius 3 is 1.95 bits per heavy atom. The third kappa shape index (κ3) is 4.16. The SMILES string of the molecule is CCOC(=O)c1ccc(P(=O)(OCC)OCC)cc1. The summed E-state index contributed by atoms with van der Waals surface area (Å²) < 4.78 is 27.8. The molecule has 0 aliphatic heterocycles. The largest absolute Gasteiger partial charge is 0.462 e. The van der Waals surface area contributed by atoms with Gasteiger partial charge in [0.1, 0.15) is 0 Å². The van der Waals surface area contributed by atoms with E-state index in [1.807, 2.05) is 0 Å². The fraction of sp³-hybridized carbons (Fsp3) is 0.462. The van der Waals surface area contributed by atoms with Crippen molar-refractivity contribution in [2.45, 2.75) is 20.8 Å². The van der Waals surface area contributed by atoms with E-state index in [1.165, 1.54) is 0 Å². The second-order valence-electron chi connectivity index (χ2n) is 3.60. The third-order valence-electron chi connectivity index (χ3n) is 2.29. The predicted molar refractivity (Wildman–Crippen MR) is 72.9 cm³/mol. The number of hydrogen-bond acceptors (Lipinski definition) is 5. The molecule has 106 valence electrons. The van der Waals surface area contributed by atoms with Crippen LogP contribution in [-0.2, 0) is 18.3 Å². The van der Waals surface area contributed by atoms with Gasteiger partial charge < -0.3 is 13.8 Å². The molecular formula is C13H19O5P. The maximum absolute atomic E-state index is 12.5. The smallest absolute Gasteiger partial charge is 0.361 e. The van der Waals surface area contributed by atoms with Gasteiger partial charge in [0.25, 0.3) is 0 Å². The minimum Gasteiger partial charge on any atom is -0.462 e. The molecule has 0 saturated carbocycles. The molecule has 0 aromatic heterocycles. The lowest BCUT2D eigenvalue weighted by Crippen LogP contribution is -2.12. The van der Waals surface area contributed by atoms with Crippen molar-refractivity contribution in [3.8, 4) is 0 Å². The van der Waals surface area contributed by atoms with Gasteiger partial charge in [0.15, 0.2) is 0 Å². The van der Waals surface area contributed by atoms with Gasteiger partial charge in [-0.15, -0.1) is 0 Å². The zero-order valence-electron chi connectivity index (χ0n) is 11.4. The van der Waals surface area contributed by atoms with E-state index in [0.29, 0.717) is 17.5 Å². The Bertz CT molecular complexity index is 445. The number of benzene rings is 1. The molecule has 0 bridgehead atoms. The number of esters is 1. The van der Waals surface area contributed by atoms with Crippen LogP contribution in [-0.4, -0.2) is 25.8 Å². The van der Waals surface area contributed by atoms with Crippen molar-refractivity contribution in [1.82, 2.24) is 0 Å². The number of hydrogen-bond donors (Lipinski definition) is 0. The summed E-state index contributed by atoms with van der Waals surface area (Å²) in [7, 11) is -3.29. The first-order chi connectivity index (χ1) is 9.07. The van der Waals surface area contributed by atoms with Crippen molar-refractivity contribution in [3.63, 3.8) is 0 Å². The Hall–Kier alpha value is -1.16. The second-order valence-corrected chi connectivity index (χ2v) is 5.63. The second kappa shape index (κ2) is 7.43. The molecule has 0 amide bonds. The number of rotatable bonds is 7. The van der Waals surface area contributed by atoms with Crippen molar-refractivity contribution in [1.29, 1.82) is 0 Å². The molecule has 6 heteroatoms. The minimum atomic E-state index is -3.29. The van der Waals surface area contributed by atoms with Gasteiger partial charge in [0, 0.05) is 0 Å². The van der Waals surface area contributed by atoms with Crippen LogP contribution in [0.15, 0.2) is 24.3 Å². The van der Waals surface area contributed by atoms with E-state index < -0.39 is 13.6 Å². The molecule has 0 saturated heterocycles. The molecule has 0 spiro atoms. The Morgan fingerprint density at radius 1 is 1.00 bits per heavy atom. The van der Waals surface area contributed by atoms with Crippen LogP contribution in [0.5, 0.6) is 0 Å². The van der Waals surface area contributed by atoms with Crippen molar-refractivity contribution in [2.24, 2.45) is 0 Å². The van der Waals surface area contributed by atoms with Gasteiger partial charge in [0.05, 0.1) is 30.7 Å². The molecule has 0 atom stereocenters. The topological polar surface area (TPSA) is 61.8 Å². The van der Waals surface area contributed by atoms with Crippen LogP contribution in [0.25, 0.3) is 0 Å². The molecule has 0 aliphatic carbocycles. The molecule has 1 aromatic carbocycles. The van der Waals surface area contributed by atoms with E-state index in [0.717, 1.165) is 0 Å². The molecule has 0 heterocycles. The maximum atomic E-state index is 12.5. The van der Waals surface area contributed by atoms with Crippen molar-refractivity contribution in [3.05, 3.63) is 29.8 Å². The molecule has 0 radical (unpaired) electrons. The highest BCUT2D eigenvalue weighted by Gasteiger charge is 2.26. The normalized spacial score (nSPS) is 11.3. The average Bonchev–Trinajstić information content (AvgIpc) is 2.40. The van der Waals surface area contributed by atoms with Gasteiger partial charge in [0.2, 0.25) is 0 Å². The van der Waals surface area contributed by atoms with E-state index in [1.54, 1.807) is 45.0 Å². The summed E-state index contributed by atoms with van der Waals surface area (Å²) in [6, 6.07) is 6.24. The Labute approximate surface area is 113 Å². The monoisotopic (exact) mass is 286 g/mol. The number of ether oxygens (including phenoxy) is 1. The molecule has 1 aromatic rings. The fourth-order valence-electron chi connectivity index (χ4n) is 1.52. The highest BCUT2D eigenvalue weighted by atomic mass is 31.2. The highest BCUT2D eigenvalue weighted by Crippen LogP contribution is 2.46. The van der Waals surface area contributed by atoms with E-state index in [-0.39, 0.29) is 13.2 Å². The number of carbonyl (C=O) groups excluding carboxylic acids is 1. The molecule has 0 aliphatic rings. The molecule has 19 heavy (non-hydrogen) atoms. The van der Waals surface area contributed by atoms with Crippen LogP contribution in [0.2, 0.25) is 0 Å². The average molecular weight is 286 g/mol. The molecule has 0 unspecified atom stereocenters. The van der Waals surface area contributed by atoms with Crippen LogP contribution in [0.1, 0.15) is 31.1 Å². The van der Waals surface area contributed by atoms with Crippen molar-refractivity contribution >= 4 is 18.9 Å². The molecule has 0 fully saturated rings. The minimum absolute atomic E-state index is 0.289. The van der Waals surface area contributed by atoms with Crippen molar-refractivity contribution in [2.75, 3.05) is 19.8 Å². The summed E-state index contributed by atoms with van der Waals surface area (Å²) in [6.45, 7) is 6.13. The Morgan fingerprint density at radius 2 is 1.53 bits per heavy atom. The molecule has 1 rings (SSSR count). The first kappa shape index (κ1) is 15.9. The highest BCUT2D eigenvalue weighted by molar-refractivity contribution is 7.62. The zero-order valence-corrected chi connectivity index (χ0v) is 12.3. The molecule has 5 nitrogen and oxygen atoms in total. The van der Waals surface area contributed by atoms with Gasteiger partial charge in [-0.2, -0.15) is 0 Å². The van der Waals surface area contributed by atoms with Gasteiger partial charge >= 0.3 is 13.6 Å². The zero-order chi connectivity index (χ0) is 14.3. The lowest BCUT2D eigenvalue weighted by atomic mass is 10.2. The van der Waals surface area contributed by atoms with E-state index in [9.17, 15) is 9.36 Å². The third-order valence-corrected chi connectivity index (χ3v) is 4.42. The summed E-state index contributed by atoms with van der Waals surface area (Å²) >= 11 is 0. The summed E-state index contributed by atoms with van der Waals surface area (Å²) in [6.07, 6.45) is 0. The van der Waals surface area contributed by atoms with Crippen LogP contribution in [0, 0.1) is 0 Å². The summed E-state index contributed by atoms with van der Waals surface area (Å²) in [5.41, 5.74) is 0.408. The summed E-state index contributed by atoms with van der Waals surface area (Å²) in [5.74, 6) is -0.406. The Kier molecular flexibility index (Phi) is 6.22. The van der Waals surface area contributed by atoms with Gasteiger partial charge in [-0.1, -0.05) is 0 Å². The van der Waals surface area contributed by atoms with E-state index >= 15 is 0 Å². The van der Waals surface area contributed by atoms with Gasteiger partial charge in [-0.25, -0.2) is 4.79 Å². The predicted octanol–water partition coefficient (Wildman–Crippen LogP) is 2.75. The van der Waals surface area contributed by atoms with Crippen LogP contribution in [0.3, 0.4) is 0 Å². The van der Waals surface area contributed by atoms with Crippen LogP contribution < -0.4 is 5.30 Å². The van der Waals surface area contributed by atoms with Crippen LogP contribution in [0.4, 0.5) is 0 Å². The lowest BCUT2D eigenvalue weighted by Gasteiger charge is -2.17. The maximum Gasteiger partial charge on any atom is 0.361 e. The quantitative estimate of drug-likeness (QED) is 0.569. The first-order valence-corrected chi connectivity index (χ1v) is 7.78. The van der Waals surface area contributed by atoms with Crippen molar-refractivity contribution < 1.29 is 23.1 Å². The standard InChI is InChI=1S/C13H19O5P/c1-4-16-13(14)11-7-9-12(10-8-11)19(15,17-5-2)18-6-3/h7-10H,4-6H2,1-3H3. The fourth-order valence-corrected chi connectivity index (χ4v) is 3.09. The first-order valence-electron chi connectivity index (χ1n) is 6.24. The van der Waals surface area contributed by atoms with Gasteiger partial charge in [-0.05, 0) is 45.0 Å². The van der Waals surface area contributed by atoms with Crippen LogP contribution >= 0.6 is 7.60 Å². The molecule has 0 N–H and O–H groups in total. The number of carbonyl (C=O) groups is 1. The molecular weight excluding hydrogens is 267 g/mol. The summed E-state index contributed by atoms with van der Waals surface area (Å²) in [4.78, 5) is 11.5. The summed E-state index contributed by atoms with van der Waals surface area (Å²) in [5, 5.41) is 0.434. The van der Waals surface area contributed by atoms with Gasteiger partial charge in [-0.3, -0.25) is 4.57 Å². The Balaban J connectivity index is 2.95. The van der Waals surface area contributed by atoms with E-state index in [2.05, 4.69) is 0 Å². The van der Waals surface area contributed by atoms with E-state index in [4.69, 9.17) is 13.8 Å². The lowest BCUT2D eigenvalue weighted by molar-refractivity contribution is 0.0526.